The number of benzene rings is 1. The van der Waals surface area contributed by atoms with Crippen LogP contribution in [-0.4, -0.2) is 34.0 Å². The van der Waals surface area contributed by atoms with Crippen LogP contribution in [0.15, 0.2) is 24.5 Å². The van der Waals surface area contributed by atoms with E-state index in [9.17, 15) is 0 Å². The predicted octanol–water partition coefficient (Wildman–Crippen LogP) is 1.49. The van der Waals surface area contributed by atoms with Gasteiger partial charge in [0.2, 0.25) is 0 Å². The van der Waals surface area contributed by atoms with Gasteiger partial charge in [0.25, 0.3) is 0 Å². The van der Waals surface area contributed by atoms with Gasteiger partial charge in [0.15, 0.2) is 0 Å². The van der Waals surface area contributed by atoms with Crippen molar-refractivity contribution in [3.63, 3.8) is 0 Å². The van der Waals surface area contributed by atoms with Crippen LogP contribution >= 0.6 is 0 Å². The molecule has 1 aromatic carbocycles. The van der Waals surface area contributed by atoms with E-state index in [0.29, 0.717) is 0 Å². The molecule has 0 radical (unpaired) electrons. The Morgan fingerprint density at radius 2 is 2.29 bits per heavy atom. The Bertz CT molecular complexity index is 527. The summed E-state index contributed by atoms with van der Waals surface area (Å²) in [6, 6.07) is 6.36. The molecular formula is C13H18N4. The zero-order valence-electron chi connectivity index (χ0n) is 10.1. The molecule has 1 aliphatic rings. The second-order valence-electron chi connectivity index (χ2n) is 5.29. The smallest absolute Gasteiger partial charge is 0.0931 e. The standard InChI is InChI=1S/C13H18N4/c1-17(8-13(14)4-5-13)7-10-2-3-11-12(6-10)16-9-15-11/h2-3,6,9H,4-5,7-8,14H2,1H3,(H,15,16). The first-order chi connectivity index (χ1) is 8.15. The molecule has 3 rings (SSSR count). The van der Waals surface area contributed by atoms with Crippen molar-refractivity contribution in [2.24, 2.45) is 5.73 Å². The van der Waals surface area contributed by atoms with Gasteiger partial charge in [-0.25, -0.2) is 4.98 Å². The van der Waals surface area contributed by atoms with Crippen LogP contribution in [0.1, 0.15) is 18.4 Å². The number of fused-ring (bicyclic) bond motifs is 1. The van der Waals surface area contributed by atoms with Crippen LogP contribution < -0.4 is 5.73 Å². The number of rotatable bonds is 4. The highest BCUT2D eigenvalue weighted by Crippen LogP contribution is 2.32. The van der Waals surface area contributed by atoms with Gasteiger partial charge in [-0.15, -0.1) is 0 Å². The molecule has 4 heteroatoms. The third-order valence-corrected chi connectivity index (χ3v) is 3.41. The van der Waals surface area contributed by atoms with Gasteiger partial charge in [-0.3, -0.25) is 0 Å². The number of hydrogen-bond donors (Lipinski definition) is 2. The normalized spacial score (nSPS) is 17.8. The summed E-state index contributed by atoms with van der Waals surface area (Å²) in [6.45, 7) is 1.92. The van der Waals surface area contributed by atoms with Crippen LogP contribution in [-0.2, 0) is 6.54 Å². The Labute approximate surface area is 101 Å². The Balaban J connectivity index is 1.70. The van der Waals surface area contributed by atoms with Crippen molar-refractivity contribution in [3.8, 4) is 0 Å². The largest absolute Gasteiger partial charge is 0.345 e. The highest BCUT2D eigenvalue weighted by Gasteiger charge is 2.38. The summed E-state index contributed by atoms with van der Waals surface area (Å²) in [5.41, 5.74) is 9.63. The van der Waals surface area contributed by atoms with E-state index in [1.165, 1.54) is 5.56 Å². The van der Waals surface area contributed by atoms with Crippen molar-refractivity contribution in [2.75, 3.05) is 13.6 Å². The molecule has 4 nitrogen and oxygen atoms in total. The molecule has 3 N–H and O–H groups in total. The second kappa shape index (κ2) is 3.82. The molecular weight excluding hydrogens is 212 g/mol. The van der Waals surface area contributed by atoms with E-state index in [1.807, 2.05) is 0 Å². The van der Waals surface area contributed by atoms with Crippen LogP contribution in [0.3, 0.4) is 0 Å². The van der Waals surface area contributed by atoms with E-state index in [0.717, 1.165) is 37.0 Å². The summed E-state index contributed by atoms with van der Waals surface area (Å²) in [6.07, 6.45) is 4.06. The fourth-order valence-corrected chi connectivity index (χ4v) is 2.30. The SMILES string of the molecule is CN(Cc1ccc2nc[nH]c2c1)CC1(N)CC1. The van der Waals surface area contributed by atoms with Gasteiger partial charge in [0.05, 0.1) is 17.4 Å². The van der Waals surface area contributed by atoms with Gasteiger partial charge in [-0.05, 0) is 37.6 Å². The molecule has 0 bridgehead atoms. The first kappa shape index (κ1) is 10.7. The molecule has 1 saturated carbocycles. The molecule has 2 aromatic rings. The minimum Gasteiger partial charge on any atom is -0.345 e. The Kier molecular flexibility index (Phi) is 2.42. The van der Waals surface area contributed by atoms with Crippen molar-refractivity contribution in [1.29, 1.82) is 0 Å². The summed E-state index contributed by atoms with van der Waals surface area (Å²) in [4.78, 5) is 9.65. The summed E-state index contributed by atoms with van der Waals surface area (Å²) in [5.74, 6) is 0. The number of nitrogens with one attached hydrogen (secondary N) is 1. The molecule has 0 unspecified atom stereocenters. The highest BCUT2D eigenvalue weighted by atomic mass is 15.1. The number of hydrogen-bond acceptors (Lipinski definition) is 3. The topological polar surface area (TPSA) is 57.9 Å². The molecule has 0 spiro atoms. The number of likely N-dealkylation sites (N-methyl/N-ethyl adjacent to an activating group) is 1. The average Bonchev–Trinajstić information content (AvgIpc) is 2.83. The number of imidazole rings is 1. The van der Waals surface area contributed by atoms with Gasteiger partial charge < -0.3 is 15.6 Å². The first-order valence-electron chi connectivity index (χ1n) is 6.04. The van der Waals surface area contributed by atoms with Crippen LogP contribution in [0.2, 0.25) is 0 Å². The van der Waals surface area contributed by atoms with E-state index >= 15 is 0 Å². The first-order valence-corrected chi connectivity index (χ1v) is 6.04. The fraction of sp³-hybridized carbons (Fsp3) is 0.462. The maximum Gasteiger partial charge on any atom is 0.0931 e. The maximum absolute atomic E-state index is 6.12. The average molecular weight is 230 g/mol. The minimum atomic E-state index is 0.0901. The zero-order valence-corrected chi connectivity index (χ0v) is 10.1. The summed E-state index contributed by atoms with van der Waals surface area (Å²) >= 11 is 0. The summed E-state index contributed by atoms with van der Waals surface area (Å²) in [7, 11) is 2.13. The summed E-state index contributed by atoms with van der Waals surface area (Å²) in [5, 5.41) is 0. The quantitative estimate of drug-likeness (QED) is 0.836. The maximum atomic E-state index is 6.12. The van der Waals surface area contributed by atoms with E-state index in [2.05, 4.69) is 40.1 Å². The molecule has 17 heavy (non-hydrogen) atoms. The van der Waals surface area contributed by atoms with Gasteiger partial charge in [-0.2, -0.15) is 0 Å². The van der Waals surface area contributed by atoms with Crippen molar-refractivity contribution in [2.45, 2.75) is 24.9 Å². The van der Waals surface area contributed by atoms with Gasteiger partial charge >= 0.3 is 0 Å². The van der Waals surface area contributed by atoms with Crippen LogP contribution in [0.4, 0.5) is 0 Å². The zero-order chi connectivity index (χ0) is 11.9. The van der Waals surface area contributed by atoms with Gasteiger partial charge in [0, 0.05) is 18.6 Å². The number of nitrogens with two attached hydrogens (primary N) is 1. The molecule has 1 fully saturated rings. The molecule has 1 heterocycles. The molecule has 0 saturated heterocycles. The Hall–Kier alpha value is -1.39. The number of aromatic amines is 1. The lowest BCUT2D eigenvalue weighted by Crippen LogP contribution is -2.36. The van der Waals surface area contributed by atoms with Crippen molar-refractivity contribution in [3.05, 3.63) is 30.1 Å². The van der Waals surface area contributed by atoms with E-state index < -0.39 is 0 Å². The molecule has 1 aromatic heterocycles. The van der Waals surface area contributed by atoms with Crippen LogP contribution in [0.25, 0.3) is 11.0 Å². The molecule has 0 amide bonds. The lowest BCUT2D eigenvalue weighted by molar-refractivity contribution is 0.296. The van der Waals surface area contributed by atoms with Crippen molar-refractivity contribution >= 4 is 11.0 Å². The fourth-order valence-electron chi connectivity index (χ4n) is 2.30. The van der Waals surface area contributed by atoms with Crippen molar-refractivity contribution < 1.29 is 0 Å². The Morgan fingerprint density at radius 1 is 1.47 bits per heavy atom. The van der Waals surface area contributed by atoms with E-state index in [4.69, 9.17) is 5.73 Å². The number of aromatic nitrogens is 2. The monoisotopic (exact) mass is 230 g/mol. The second-order valence-corrected chi connectivity index (χ2v) is 5.29. The minimum absolute atomic E-state index is 0.0901. The molecule has 1 aliphatic carbocycles. The lowest BCUT2D eigenvalue weighted by Gasteiger charge is -2.20. The predicted molar refractivity (Wildman–Crippen MR) is 68.6 cm³/mol. The molecule has 90 valence electrons. The third-order valence-electron chi connectivity index (χ3n) is 3.41. The number of nitrogens with zero attached hydrogens (tertiary/aromatic N) is 2. The van der Waals surface area contributed by atoms with Gasteiger partial charge in [-0.1, -0.05) is 6.07 Å². The highest BCUT2D eigenvalue weighted by molar-refractivity contribution is 5.74. The molecule has 0 atom stereocenters. The van der Waals surface area contributed by atoms with Crippen LogP contribution in [0.5, 0.6) is 0 Å². The number of H-pyrrole nitrogens is 1. The Morgan fingerprint density at radius 3 is 3.06 bits per heavy atom. The molecule has 0 aliphatic heterocycles. The summed E-state index contributed by atoms with van der Waals surface area (Å²) < 4.78 is 0. The van der Waals surface area contributed by atoms with Gasteiger partial charge in [0.1, 0.15) is 0 Å². The van der Waals surface area contributed by atoms with E-state index in [1.54, 1.807) is 6.33 Å². The van der Waals surface area contributed by atoms with Crippen molar-refractivity contribution in [1.82, 2.24) is 14.9 Å². The van der Waals surface area contributed by atoms with Crippen LogP contribution in [0, 0.1) is 0 Å². The van der Waals surface area contributed by atoms with E-state index in [-0.39, 0.29) is 5.54 Å². The lowest BCUT2D eigenvalue weighted by atomic mass is 10.2. The third kappa shape index (κ3) is 2.33.